The van der Waals surface area contributed by atoms with Gasteiger partial charge in [-0.05, 0) is 73.0 Å². The van der Waals surface area contributed by atoms with Crippen molar-refractivity contribution in [3.8, 4) is 44.5 Å². The molecule has 1 nitrogen and oxygen atoms in total. The summed E-state index contributed by atoms with van der Waals surface area (Å²) in [5.41, 5.74) is 5.87. The Morgan fingerprint density at radius 1 is 0.489 bits per heavy atom. The van der Waals surface area contributed by atoms with E-state index in [-0.39, 0.29) is 11.1 Å². The molecule has 0 amide bonds. The van der Waals surface area contributed by atoms with Crippen LogP contribution in [0.1, 0.15) is 23.5 Å². The van der Waals surface area contributed by atoms with Crippen LogP contribution < -0.4 is 0 Å². The van der Waals surface area contributed by atoms with Crippen LogP contribution in [0.2, 0.25) is 0 Å². The Hall–Kier alpha value is -5.92. The van der Waals surface area contributed by atoms with E-state index in [1.807, 2.05) is 84.9 Å². The molecule has 0 unspecified atom stereocenters. The molecule has 7 aromatic carbocycles. The second-order valence-electron chi connectivity index (χ2n) is 10.6. The van der Waals surface area contributed by atoms with Crippen LogP contribution in [0.5, 0.6) is 0 Å². The molecule has 0 aliphatic rings. The maximum atomic E-state index is 9.31. The number of para-hydroxylation sites is 1. The van der Waals surface area contributed by atoms with Crippen LogP contribution in [0.25, 0.3) is 89.4 Å². The van der Waals surface area contributed by atoms with Gasteiger partial charge >= 0.3 is 0 Å². The molecule has 0 fully saturated rings. The molecule has 8 rings (SSSR count). The summed E-state index contributed by atoms with van der Waals surface area (Å²) in [5.74, 6) is 0. The Morgan fingerprint density at radius 2 is 1.04 bits per heavy atom. The van der Waals surface area contributed by atoms with Gasteiger partial charge < -0.3 is 4.42 Å². The largest absolute Gasteiger partial charge is 0.455 e. The van der Waals surface area contributed by atoms with Crippen molar-refractivity contribution >= 4 is 44.9 Å². The van der Waals surface area contributed by atoms with Crippen molar-refractivity contribution in [1.29, 1.82) is 0 Å². The van der Waals surface area contributed by atoms with Crippen LogP contribution in [0, 0.1) is 0 Å². The third-order valence-electron chi connectivity index (χ3n) is 8.21. The van der Waals surface area contributed by atoms with Crippen molar-refractivity contribution in [2.45, 2.75) is 0 Å². The molecule has 8 aromatic rings. The van der Waals surface area contributed by atoms with Gasteiger partial charge in [-0.25, -0.2) is 0 Å². The van der Waals surface area contributed by atoms with Crippen LogP contribution in [-0.4, -0.2) is 0 Å². The summed E-state index contributed by atoms with van der Waals surface area (Å²) in [6, 6.07) is 24.5. The first kappa shape index (κ1) is 18.7. The Balaban J connectivity index is 1.49. The lowest BCUT2D eigenvalue weighted by atomic mass is 9.82. The number of rotatable bonds is 6. The molecule has 0 radical (unpaired) electrons. The maximum Gasteiger partial charge on any atom is 0.143 e. The second-order valence-corrected chi connectivity index (χ2v) is 10.6. The molecular weight excluding hydrogens is 544 g/mol. The minimum absolute atomic E-state index is 0.0137. The van der Waals surface area contributed by atoms with E-state index < -0.39 is 59.9 Å². The monoisotopic (exact) mass is 583 g/mol. The van der Waals surface area contributed by atoms with Gasteiger partial charge in [0.1, 0.15) is 11.2 Å². The SMILES string of the molecule is [2H]c1c([2H])c([2H])c(-c2c([2H])c([2H])c(-c3c(C=C)c(C=C)c(-c4ccc(-c5ccccc5)c5oc6ccccc6c45)c4ccccc34)c([2H])c2[2H])c([2H])c1[2H]. The fraction of sp³-hybridized carbons (Fsp3) is 0. The summed E-state index contributed by atoms with van der Waals surface area (Å²) in [6.07, 6.45) is 3.33. The Bertz CT molecular complexity index is 2850. The predicted molar refractivity (Wildman–Crippen MR) is 193 cm³/mol. The van der Waals surface area contributed by atoms with Gasteiger partial charge in [0, 0.05) is 16.3 Å². The van der Waals surface area contributed by atoms with Crippen molar-refractivity contribution in [1.82, 2.24) is 0 Å². The van der Waals surface area contributed by atoms with E-state index in [0.29, 0.717) is 27.7 Å². The molecule has 45 heavy (non-hydrogen) atoms. The molecule has 1 heteroatoms. The highest BCUT2D eigenvalue weighted by atomic mass is 16.3. The highest BCUT2D eigenvalue weighted by Crippen LogP contribution is 2.48. The van der Waals surface area contributed by atoms with Gasteiger partial charge in [-0.1, -0.05) is 159 Å². The minimum Gasteiger partial charge on any atom is -0.455 e. The topological polar surface area (TPSA) is 13.1 Å². The van der Waals surface area contributed by atoms with E-state index in [2.05, 4.69) is 19.2 Å². The maximum absolute atomic E-state index is 9.31. The summed E-state index contributed by atoms with van der Waals surface area (Å²) < 4.78 is 84.8. The number of fused-ring (bicyclic) bond motifs is 4. The highest BCUT2D eigenvalue weighted by molar-refractivity contribution is 6.21. The summed E-state index contributed by atoms with van der Waals surface area (Å²) >= 11 is 0. The van der Waals surface area contributed by atoms with Gasteiger partial charge in [0.25, 0.3) is 0 Å². The van der Waals surface area contributed by atoms with E-state index in [0.717, 1.165) is 44.0 Å². The number of hydrogen-bond donors (Lipinski definition) is 0. The van der Waals surface area contributed by atoms with Crippen molar-refractivity contribution in [2.75, 3.05) is 0 Å². The van der Waals surface area contributed by atoms with Gasteiger partial charge in [0.2, 0.25) is 0 Å². The van der Waals surface area contributed by atoms with Crippen LogP contribution in [0.4, 0.5) is 0 Å². The molecule has 212 valence electrons. The van der Waals surface area contributed by atoms with Crippen molar-refractivity contribution in [3.05, 3.63) is 170 Å². The van der Waals surface area contributed by atoms with Crippen molar-refractivity contribution < 1.29 is 16.8 Å². The summed E-state index contributed by atoms with van der Waals surface area (Å²) in [7, 11) is 0. The summed E-state index contributed by atoms with van der Waals surface area (Å²) in [6.45, 7) is 8.36. The number of benzene rings is 7. The molecule has 1 aromatic heterocycles. The lowest BCUT2D eigenvalue weighted by Gasteiger charge is -2.21. The quantitative estimate of drug-likeness (QED) is 0.190. The first-order chi connectivity index (χ1) is 26.0. The molecule has 0 N–H and O–H groups in total. The predicted octanol–water partition coefficient (Wildman–Crippen LogP) is 12.7. The zero-order valence-corrected chi connectivity index (χ0v) is 24.1. The number of furan rings is 1. The first-order valence-corrected chi connectivity index (χ1v) is 14.5. The highest BCUT2D eigenvalue weighted by Gasteiger charge is 2.23. The Kier molecular flexibility index (Phi) is 4.55. The number of hydrogen-bond acceptors (Lipinski definition) is 1. The summed E-state index contributed by atoms with van der Waals surface area (Å²) in [5, 5.41) is 3.22. The fourth-order valence-electron chi connectivity index (χ4n) is 6.28. The van der Waals surface area contributed by atoms with E-state index in [4.69, 9.17) is 14.0 Å². The normalized spacial score (nSPS) is 14.1. The fourth-order valence-corrected chi connectivity index (χ4v) is 6.28. The van der Waals surface area contributed by atoms with E-state index in [1.165, 1.54) is 0 Å². The lowest BCUT2D eigenvalue weighted by molar-refractivity contribution is 0.670. The standard InChI is InChI=1S/C44H30O/c1-3-33-34(4-2)42(37-20-12-11-19-36(37)41(33)32-25-23-30(24-26-32)29-15-7-5-8-16-29)39-28-27-35(31-17-9-6-10-18-31)44-43(39)38-21-13-14-22-40(38)45-44/h3-28H,1-2H2/i5D,7D,8D,15D,16D,23D,24D,25D,26D. The van der Waals surface area contributed by atoms with E-state index in [9.17, 15) is 2.74 Å². The van der Waals surface area contributed by atoms with Gasteiger partial charge in [0.05, 0.1) is 12.3 Å². The smallest absolute Gasteiger partial charge is 0.143 e. The molecule has 0 saturated heterocycles. The molecule has 0 bridgehead atoms. The van der Waals surface area contributed by atoms with E-state index >= 15 is 0 Å². The van der Waals surface area contributed by atoms with Crippen LogP contribution in [0.15, 0.2) is 163 Å². The van der Waals surface area contributed by atoms with Gasteiger partial charge in [-0.15, -0.1) is 0 Å². The zero-order chi connectivity index (χ0) is 38.2. The Labute approximate surface area is 275 Å². The van der Waals surface area contributed by atoms with Crippen molar-refractivity contribution in [2.24, 2.45) is 0 Å². The lowest BCUT2D eigenvalue weighted by Crippen LogP contribution is -1.96. The molecule has 0 aliphatic carbocycles. The summed E-state index contributed by atoms with van der Waals surface area (Å²) in [4.78, 5) is 0. The van der Waals surface area contributed by atoms with Crippen LogP contribution in [-0.2, 0) is 0 Å². The zero-order valence-electron chi connectivity index (χ0n) is 33.1. The van der Waals surface area contributed by atoms with Crippen LogP contribution >= 0.6 is 0 Å². The average molecular weight is 584 g/mol. The van der Waals surface area contributed by atoms with Crippen LogP contribution in [0.3, 0.4) is 0 Å². The molecule has 1 heterocycles. The third-order valence-corrected chi connectivity index (χ3v) is 8.21. The second kappa shape index (κ2) is 11.0. The van der Waals surface area contributed by atoms with E-state index in [1.54, 1.807) is 12.2 Å². The van der Waals surface area contributed by atoms with Gasteiger partial charge in [0.15, 0.2) is 0 Å². The average Bonchev–Trinajstić information content (AvgIpc) is 3.59. The van der Waals surface area contributed by atoms with Gasteiger partial charge in [-0.3, -0.25) is 0 Å². The molecule has 0 saturated carbocycles. The first-order valence-electron chi connectivity index (χ1n) is 19.0. The third kappa shape index (κ3) is 4.32. The molecular formula is C44H30O. The molecule has 0 spiro atoms. The minimum atomic E-state index is -0.630. The molecule has 0 atom stereocenters. The van der Waals surface area contributed by atoms with Crippen molar-refractivity contribution in [3.63, 3.8) is 0 Å². The Morgan fingerprint density at radius 3 is 1.76 bits per heavy atom. The van der Waals surface area contributed by atoms with Gasteiger partial charge in [-0.2, -0.15) is 0 Å². The molecule has 0 aliphatic heterocycles.